The van der Waals surface area contributed by atoms with Crippen LogP contribution < -0.4 is 10.1 Å². The van der Waals surface area contributed by atoms with Crippen molar-refractivity contribution in [1.82, 2.24) is 4.98 Å². The van der Waals surface area contributed by atoms with E-state index in [1.165, 1.54) is 12.3 Å². The minimum Gasteiger partial charge on any atom is -0.468 e. The zero-order valence-electron chi connectivity index (χ0n) is 11.1. The van der Waals surface area contributed by atoms with Crippen LogP contribution >= 0.6 is 0 Å². The average Bonchev–Trinajstić information content (AvgIpc) is 2.34. The zero-order chi connectivity index (χ0) is 14.6. The Morgan fingerprint density at radius 3 is 2.65 bits per heavy atom. The summed E-state index contributed by atoms with van der Waals surface area (Å²) in [6, 6.07) is 3.41. The molecule has 1 aromatic heterocycles. The molecule has 0 aromatic carbocycles. The highest BCUT2D eigenvalue weighted by molar-refractivity contribution is 5.43. The van der Waals surface area contributed by atoms with Gasteiger partial charge in [-0.25, -0.2) is 4.98 Å². The molecule has 1 fully saturated rings. The van der Waals surface area contributed by atoms with E-state index in [2.05, 4.69) is 15.0 Å². The molecule has 0 saturated heterocycles. The number of ether oxygens (including phenoxy) is 2. The van der Waals surface area contributed by atoms with Gasteiger partial charge in [0.15, 0.2) is 6.61 Å². The summed E-state index contributed by atoms with van der Waals surface area (Å²) >= 11 is 0. The second-order valence-electron chi connectivity index (χ2n) is 4.68. The SMILES string of the molecule is CCOC1CC(Nc2ccc(OCC(F)(F)F)nc2)C1. The van der Waals surface area contributed by atoms with Crippen LogP contribution in [0.15, 0.2) is 18.3 Å². The van der Waals surface area contributed by atoms with Crippen LogP contribution in [0.3, 0.4) is 0 Å². The van der Waals surface area contributed by atoms with Gasteiger partial charge in [-0.2, -0.15) is 13.2 Å². The van der Waals surface area contributed by atoms with E-state index >= 15 is 0 Å². The molecule has 0 unspecified atom stereocenters. The fourth-order valence-electron chi connectivity index (χ4n) is 2.00. The van der Waals surface area contributed by atoms with E-state index in [-0.39, 0.29) is 5.88 Å². The highest BCUT2D eigenvalue weighted by atomic mass is 19.4. The molecule has 2 rings (SSSR count). The Hall–Kier alpha value is -1.50. The molecular weight excluding hydrogens is 273 g/mol. The summed E-state index contributed by atoms with van der Waals surface area (Å²) in [5.41, 5.74) is 0.768. The first-order chi connectivity index (χ1) is 9.46. The van der Waals surface area contributed by atoms with E-state index in [0.717, 1.165) is 18.5 Å². The van der Waals surface area contributed by atoms with Gasteiger partial charge in [0.05, 0.1) is 18.0 Å². The number of rotatable bonds is 6. The van der Waals surface area contributed by atoms with Gasteiger partial charge in [0.2, 0.25) is 5.88 Å². The number of nitrogens with one attached hydrogen (secondary N) is 1. The highest BCUT2D eigenvalue weighted by Gasteiger charge is 2.30. The quantitative estimate of drug-likeness (QED) is 0.874. The lowest BCUT2D eigenvalue weighted by atomic mass is 9.89. The lowest BCUT2D eigenvalue weighted by Gasteiger charge is -2.35. The second kappa shape index (κ2) is 6.30. The summed E-state index contributed by atoms with van der Waals surface area (Å²) in [4.78, 5) is 3.83. The predicted octanol–water partition coefficient (Wildman–Crippen LogP) is 3.00. The average molecular weight is 290 g/mol. The molecule has 20 heavy (non-hydrogen) atoms. The van der Waals surface area contributed by atoms with Crippen molar-refractivity contribution in [3.05, 3.63) is 18.3 Å². The first-order valence-electron chi connectivity index (χ1n) is 6.50. The fourth-order valence-corrected chi connectivity index (χ4v) is 2.00. The van der Waals surface area contributed by atoms with Crippen LogP contribution in [-0.2, 0) is 4.74 Å². The van der Waals surface area contributed by atoms with Crippen LogP contribution in [0.1, 0.15) is 19.8 Å². The van der Waals surface area contributed by atoms with Gasteiger partial charge >= 0.3 is 6.18 Å². The maximum atomic E-state index is 12.0. The number of hydrogen-bond donors (Lipinski definition) is 1. The van der Waals surface area contributed by atoms with Crippen molar-refractivity contribution in [2.45, 2.75) is 38.1 Å². The summed E-state index contributed by atoms with van der Waals surface area (Å²) in [7, 11) is 0. The fraction of sp³-hybridized carbons (Fsp3) is 0.615. The topological polar surface area (TPSA) is 43.4 Å². The summed E-state index contributed by atoms with van der Waals surface area (Å²) in [6.07, 6.45) is -0.710. The van der Waals surface area contributed by atoms with Crippen molar-refractivity contribution in [2.24, 2.45) is 0 Å². The summed E-state index contributed by atoms with van der Waals surface area (Å²) in [5, 5.41) is 3.25. The molecule has 0 amide bonds. The number of halogens is 3. The van der Waals surface area contributed by atoms with Gasteiger partial charge in [-0.15, -0.1) is 0 Å². The number of alkyl halides is 3. The molecule has 1 heterocycles. The highest BCUT2D eigenvalue weighted by Crippen LogP contribution is 2.27. The maximum absolute atomic E-state index is 12.0. The predicted molar refractivity (Wildman–Crippen MR) is 67.8 cm³/mol. The Balaban J connectivity index is 1.75. The Kier molecular flexibility index (Phi) is 4.69. The van der Waals surface area contributed by atoms with Gasteiger partial charge in [-0.3, -0.25) is 0 Å². The molecule has 1 aliphatic rings. The monoisotopic (exact) mass is 290 g/mol. The third-order valence-electron chi connectivity index (χ3n) is 2.99. The molecule has 0 radical (unpaired) electrons. The van der Waals surface area contributed by atoms with Gasteiger partial charge < -0.3 is 14.8 Å². The van der Waals surface area contributed by atoms with E-state index in [0.29, 0.717) is 18.8 Å². The van der Waals surface area contributed by atoms with Crippen LogP contribution in [0.4, 0.5) is 18.9 Å². The van der Waals surface area contributed by atoms with Gasteiger partial charge in [0, 0.05) is 18.7 Å². The Bertz CT molecular complexity index is 417. The summed E-state index contributed by atoms with van der Waals surface area (Å²) < 4.78 is 45.9. The second-order valence-corrected chi connectivity index (χ2v) is 4.68. The first kappa shape index (κ1) is 14.9. The molecule has 0 aliphatic heterocycles. The Morgan fingerprint density at radius 2 is 2.10 bits per heavy atom. The number of hydrogen-bond acceptors (Lipinski definition) is 4. The van der Waals surface area contributed by atoms with Crippen molar-refractivity contribution < 1.29 is 22.6 Å². The van der Waals surface area contributed by atoms with Crippen molar-refractivity contribution in [3.8, 4) is 5.88 Å². The van der Waals surface area contributed by atoms with Crippen molar-refractivity contribution in [1.29, 1.82) is 0 Å². The molecule has 1 saturated carbocycles. The largest absolute Gasteiger partial charge is 0.468 e. The van der Waals surface area contributed by atoms with Crippen molar-refractivity contribution in [3.63, 3.8) is 0 Å². The zero-order valence-corrected chi connectivity index (χ0v) is 11.1. The van der Waals surface area contributed by atoms with Gasteiger partial charge in [0.1, 0.15) is 0 Å². The van der Waals surface area contributed by atoms with Crippen molar-refractivity contribution in [2.75, 3.05) is 18.5 Å². The Morgan fingerprint density at radius 1 is 1.35 bits per heavy atom. The lowest BCUT2D eigenvalue weighted by molar-refractivity contribution is -0.154. The standard InChI is InChI=1S/C13H17F3N2O2/c1-2-19-11-5-10(6-11)18-9-3-4-12(17-7-9)20-8-13(14,15)16/h3-4,7,10-11,18H,2,5-6,8H2,1H3. The molecule has 1 N–H and O–H groups in total. The molecule has 0 spiro atoms. The van der Waals surface area contributed by atoms with Crippen LogP contribution in [0.2, 0.25) is 0 Å². The number of pyridine rings is 1. The van der Waals surface area contributed by atoms with Crippen molar-refractivity contribution >= 4 is 5.69 Å². The minimum absolute atomic E-state index is 0.0336. The number of nitrogens with zero attached hydrogens (tertiary/aromatic N) is 1. The molecule has 0 atom stereocenters. The third kappa shape index (κ3) is 4.56. The Labute approximate surface area is 115 Å². The van der Waals surface area contributed by atoms with E-state index in [9.17, 15) is 13.2 Å². The smallest absolute Gasteiger partial charge is 0.422 e. The molecule has 1 aromatic rings. The molecule has 0 bridgehead atoms. The molecule has 1 aliphatic carbocycles. The van der Waals surface area contributed by atoms with E-state index in [1.807, 2.05) is 6.92 Å². The van der Waals surface area contributed by atoms with Gasteiger partial charge in [-0.05, 0) is 25.8 Å². The molecule has 4 nitrogen and oxygen atoms in total. The van der Waals surface area contributed by atoms with Crippen LogP contribution in [0.25, 0.3) is 0 Å². The van der Waals surface area contributed by atoms with E-state index < -0.39 is 12.8 Å². The summed E-state index contributed by atoms with van der Waals surface area (Å²) in [6.45, 7) is 1.35. The molecule has 7 heteroatoms. The van der Waals surface area contributed by atoms with E-state index in [1.54, 1.807) is 6.07 Å². The van der Waals surface area contributed by atoms with Crippen LogP contribution in [0.5, 0.6) is 5.88 Å². The van der Waals surface area contributed by atoms with Gasteiger partial charge in [-0.1, -0.05) is 0 Å². The maximum Gasteiger partial charge on any atom is 0.422 e. The third-order valence-corrected chi connectivity index (χ3v) is 2.99. The number of aromatic nitrogens is 1. The lowest BCUT2D eigenvalue weighted by Crippen LogP contribution is -2.40. The van der Waals surface area contributed by atoms with Crippen LogP contribution in [-0.4, -0.2) is 36.5 Å². The first-order valence-corrected chi connectivity index (χ1v) is 6.50. The molecular formula is C13H17F3N2O2. The minimum atomic E-state index is -4.35. The molecule has 112 valence electrons. The normalized spacial score (nSPS) is 22.2. The van der Waals surface area contributed by atoms with Crippen LogP contribution in [0, 0.1) is 0 Å². The van der Waals surface area contributed by atoms with E-state index in [4.69, 9.17) is 4.74 Å². The summed E-state index contributed by atoms with van der Waals surface area (Å²) in [5.74, 6) is -0.0336. The number of anilines is 1. The van der Waals surface area contributed by atoms with Gasteiger partial charge in [0.25, 0.3) is 0 Å².